The number of carbonyl (C=O) groups is 1. The van der Waals surface area contributed by atoms with Crippen molar-refractivity contribution >= 4 is 17.4 Å². The summed E-state index contributed by atoms with van der Waals surface area (Å²) in [6, 6.07) is 15.0. The molecule has 1 aromatic carbocycles. The van der Waals surface area contributed by atoms with Gasteiger partial charge in [0.1, 0.15) is 11.5 Å². The first-order valence-corrected chi connectivity index (χ1v) is 6.33. The number of amides is 1. The van der Waals surface area contributed by atoms with E-state index in [4.69, 9.17) is 4.84 Å². The van der Waals surface area contributed by atoms with Crippen molar-refractivity contribution in [1.29, 1.82) is 0 Å². The molecule has 0 radical (unpaired) electrons. The number of oxime groups is 1. The molecular weight excluding hydrogens is 254 g/mol. The van der Waals surface area contributed by atoms with Crippen molar-refractivity contribution < 1.29 is 9.63 Å². The van der Waals surface area contributed by atoms with Crippen LogP contribution < -0.4 is 5.32 Å². The van der Waals surface area contributed by atoms with E-state index in [1.54, 1.807) is 18.3 Å². The van der Waals surface area contributed by atoms with Crippen LogP contribution in [0.2, 0.25) is 0 Å². The molecule has 1 unspecified atom stereocenters. The molecule has 100 valence electrons. The number of nitrogens with one attached hydrogen (secondary N) is 1. The highest BCUT2D eigenvalue weighted by Gasteiger charge is 2.27. The van der Waals surface area contributed by atoms with Gasteiger partial charge in [-0.05, 0) is 17.7 Å². The fourth-order valence-electron chi connectivity index (χ4n) is 1.98. The SMILES string of the molecule is O=C(Nc1ccccn1)C1=NOC(c2ccccc2)C1. The predicted octanol–water partition coefficient (Wildman–Crippen LogP) is 2.54. The molecule has 0 fully saturated rings. The number of nitrogens with zero attached hydrogens (tertiary/aromatic N) is 2. The van der Waals surface area contributed by atoms with Crippen LogP contribution in [0.1, 0.15) is 18.1 Å². The average molecular weight is 267 g/mol. The molecule has 1 aliphatic heterocycles. The second-order valence-corrected chi connectivity index (χ2v) is 4.42. The van der Waals surface area contributed by atoms with Gasteiger partial charge in [-0.1, -0.05) is 41.6 Å². The summed E-state index contributed by atoms with van der Waals surface area (Å²) >= 11 is 0. The van der Waals surface area contributed by atoms with E-state index in [-0.39, 0.29) is 12.0 Å². The second kappa shape index (κ2) is 5.52. The van der Waals surface area contributed by atoms with Crippen molar-refractivity contribution in [2.24, 2.45) is 5.16 Å². The highest BCUT2D eigenvalue weighted by molar-refractivity contribution is 6.43. The molecule has 1 amide bonds. The summed E-state index contributed by atoms with van der Waals surface area (Å²) in [5.41, 5.74) is 1.39. The number of hydrogen-bond acceptors (Lipinski definition) is 4. The summed E-state index contributed by atoms with van der Waals surface area (Å²) in [6.07, 6.45) is 1.89. The van der Waals surface area contributed by atoms with Gasteiger partial charge in [0, 0.05) is 12.6 Å². The highest BCUT2D eigenvalue weighted by atomic mass is 16.6. The number of aromatic nitrogens is 1. The Morgan fingerprint density at radius 1 is 1.15 bits per heavy atom. The van der Waals surface area contributed by atoms with E-state index in [0.29, 0.717) is 18.0 Å². The van der Waals surface area contributed by atoms with Crippen molar-refractivity contribution in [3.8, 4) is 0 Å². The predicted molar refractivity (Wildman–Crippen MR) is 75.2 cm³/mol. The summed E-state index contributed by atoms with van der Waals surface area (Å²) in [6.45, 7) is 0. The van der Waals surface area contributed by atoms with Crippen molar-refractivity contribution in [1.82, 2.24) is 4.98 Å². The molecule has 1 N–H and O–H groups in total. The molecule has 5 heteroatoms. The van der Waals surface area contributed by atoms with Crippen LogP contribution in [0, 0.1) is 0 Å². The van der Waals surface area contributed by atoms with Crippen molar-refractivity contribution in [2.45, 2.75) is 12.5 Å². The van der Waals surface area contributed by atoms with Gasteiger partial charge in [-0.2, -0.15) is 0 Å². The van der Waals surface area contributed by atoms with Gasteiger partial charge in [-0.25, -0.2) is 4.98 Å². The maximum absolute atomic E-state index is 12.0. The van der Waals surface area contributed by atoms with E-state index in [9.17, 15) is 4.79 Å². The lowest BCUT2D eigenvalue weighted by Gasteiger charge is -2.07. The van der Waals surface area contributed by atoms with Gasteiger partial charge in [0.2, 0.25) is 0 Å². The topological polar surface area (TPSA) is 63.6 Å². The first-order chi connectivity index (χ1) is 9.83. The van der Waals surface area contributed by atoms with Crippen molar-refractivity contribution in [3.63, 3.8) is 0 Å². The number of hydrogen-bond donors (Lipinski definition) is 1. The van der Waals surface area contributed by atoms with Crippen molar-refractivity contribution in [2.75, 3.05) is 5.32 Å². The fourth-order valence-corrected chi connectivity index (χ4v) is 1.98. The van der Waals surface area contributed by atoms with E-state index in [2.05, 4.69) is 15.5 Å². The zero-order valence-corrected chi connectivity index (χ0v) is 10.7. The quantitative estimate of drug-likeness (QED) is 0.929. The molecule has 0 bridgehead atoms. The number of pyridine rings is 1. The molecule has 0 spiro atoms. The van der Waals surface area contributed by atoms with Crippen LogP contribution in [0.5, 0.6) is 0 Å². The number of anilines is 1. The molecule has 20 heavy (non-hydrogen) atoms. The minimum absolute atomic E-state index is 0.194. The fraction of sp³-hybridized carbons (Fsp3) is 0.133. The third-order valence-corrected chi connectivity index (χ3v) is 3.01. The number of benzene rings is 1. The summed E-state index contributed by atoms with van der Waals surface area (Å²) < 4.78 is 0. The Hall–Kier alpha value is -2.69. The number of carbonyl (C=O) groups excluding carboxylic acids is 1. The molecule has 0 aliphatic carbocycles. The van der Waals surface area contributed by atoms with Gasteiger partial charge >= 0.3 is 0 Å². The van der Waals surface area contributed by atoms with E-state index in [0.717, 1.165) is 5.56 Å². The first kappa shape index (κ1) is 12.3. The Morgan fingerprint density at radius 2 is 1.95 bits per heavy atom. The van der Waals surface area contributed by atoms with Crippen LogP contribution in [0.25, 0.3) is 0 Å². The van der Waals surface area contributed by atoms with E-state index < -0.39 is 0 Å². The molecule has 1 aliphatic rings. The molecule has 2 heterocycles. The lowest BCUT2D eigenvalue weighted by atomic mass is 10.0. The van der Waals surface area contributed by atoms with E-state index >= 15 is 0 Å². The Morgan fingerprint density at radius 3 is 2.70 bits per heavy atom. The molecule has 0 saturated carbocycles. The third kappa shape index (κ3) is 2.66. The molecule has 1 atom stereocenters. The lowest BCUT2D eigenvalue weighted by Crippen LogP contribution is -2.22. The van der Waals surface area contributed by atoms with Crippen LogP contribution in [0.4, 0.5) is 5.82 Å². The van der Waals surface area contributed by atoms with Crippen molar-refractivity contribution in [3.05, 3.63) is 60.3 Å². The second-order valence-electron chi connectivity index (χ2n) is 4.42. The van der Waals surface area contributed by atoms with Crippen LogP contribution in [0.3, 0.4) is 0 Å². The minimum Gasteiger partial charge on any atom is -0.387 e. The highest BCUT2D eigenvalue weighted by Crippen LogP contribution is 2.27. The Balaban J connectivity index is 1.64. The van der Waals surface area contributed by atoms with Gasteiger partial charge in [-0.15, -0.1) is 0 Å². The molecule has 3 rings (SSSR count). The molecular formula is C15H13N3O2. The maximum Gasteiger partial charge on any atom is 0.274 e. The summed E-state index contributed by atoms with van der Waals surface area (Å²) in [4.78, 5) is 21.4. The van der Waals surface area contributed by atoms with Crippen LogP contribution in [-0.4, -0.2) is 16.6 Å². The van der Waals surface area contributed by atoms with Gasteiger partial charge in [0.25, 0.3) is 5.91 Å². The van der Waals surface area contributed by atoms with Crippen LogP contribution >= 0.6 is 0 Å². The Kier molecular flexibility index (Phi) is 3.41. The maximum atomic E-state index is 12.0. The molecule has 1 aromatic heterocycles. The Labute approximate surface area is 116 Å². The lowest BCUT2D eigenvalue weighted by molar-refractivity contribution is -0.110. The molecule has 2 aromatic rings. The van der Waals surface area contributed by atoms with Crippen LogP contribution in [0.15, 0.2) is 59.9 Å². The monoisotopic (exact) mass is 267 g/mol. The standard InChI is InChI=1S/C15H13N3O2/c19-15(17-14-8-4-5-9-16-14)12-10-13(20-18-12)11-6-2-1-3-7-11/h1-9,13H,10H2,(H,16,17,19). The summed E-state index contributed by atoms with van der Waals surface area (Å²) in [7, 11) is 0. The Bertz CT molecular complexity index is 626. The molecule has 5 nitrogen and oxygen atoms in total. The normalized spacial score (nSPS) is 17.2. The zero-order chi connectivity index (χ0) is 13.8. The zero-order valence-electron chi connectivity index (χ0n) is 10.7. The van der Waals surface area contributed by atoms with E-state index in [1.165, 1.54) is 0 Å². The summed E-state index contributed by atoms with van der Waals surface area (Å²) in [5.74, 6) is 0.227. The minimum atomic E-state index is -0.276. The van der Waals surface area contributed by atoms with Gasteiger partial charge in [0.15, 0.2) is 6.10 Å². The van der Waals surface area contributed by atoms with Gasteiger partial charge < -0.3 is 10.2 Å². The van der Waals surface area contributed by atoms with Gasteiger partial charge in [0.05, 0.1) is 0 Å². The largest absolute Gasteiger partial charge is 0.387 e. The smallest absolute Gasteiger partial charge is 0.274 e. The van der Waals surface area contributed by atoms with Crippen LogP contribution in [-0.2, 0) is 9.63 Å². The number of rotatable bonds is 3. The summed E-state index contributed by atoms with van der Waals surface area (Å²) in [5, 5.41) is 6.56. The van der Waals surface area contributed by atoms with E-state index in [1.807, 2.05) is 36.4 Å². The molecule has 0 saturated heterocycles. The van der Waals surface area contributed by atoms with Gasteiger partial charge in [-0.3, -0.25) is 4.79 Å². The average Bonchev–Trinajstić information content (AvgIpc) is 2.99. The third-order valence-electron chi connectivity index (χ3n) is 3.01. The first-order valence-electron chi connectivity index (χ1n) is 6.33.